The van der Waals surface area contributed by atoms with Crippen molar-refractivity contribution >= 4 is 5.97 Å². The molecule has 0 radical (unpaired) electrons. The Morgan fingerprint density at radius 1 is 1.33 bits per heavy atom. The quantitative estimate of drug-likeness (QED) is 0.778. The van der Waals surface area contributed by atoms with Crippen molar-refractivity contribution in [1.29, 1.82) is 0 Å². The maximum Gasteiger partial charge on any atom is 0.303 e. The Balaban J connectivity index is 2.51. The molecule has 0 bridgehead atoms. The van der Waals surface area contributed by atoms with Crippen molar-refractivity contribution in [2.24, 2.45) is 11.3 Å². The first-order valence-electron chi connectivity index (χ1n) is 5.84. The van der Waals surface area contributed by atoms with E-state index in [0.29, 0.717) is 6.42 Å². The summed E-state index contributed by atoms with van der Waals surface area (Å²) in [5, 5.41) is 8.90. The summed E-state index contributed by atoms with van der Waals surface area (Å²) in [4.78, 5) is 13.2. The minimum absolute atomic E-state index is 0.0843. The third kappa shape index (κ3) is 4.20. The monoisotopic (exact) mass is 213 g/mol. The van der Waals surface area contributed by atoms with E-state index < -0.39 is 5.97 Å². The molecule has 1 fully saturated rings. The zero-order chi connectivity index (χ0) is 11.5. The fraction of sp³-hybridized carbons (Fsp3) is 0.917. The number of nitrogens with zero attached hydrogens (tertiary/aromatic N) is 1. The number of carboxylic acid groups (broad SMARTS) is 1. The number of rotatable bonds is 4. The second kappa shape index (κ2) is 4.97. The summed E-state index contributed by atoms with van der Waals surface area (Å²) >= 11 is 0. The van der Waals surface area contributed by atoms with E-state index in [2.05, 4.69) is 25.7 Å². The molecule has 88 valence electrons. The predicted molar refractivity (Wildman–Crippen MR) is 60.9 cm³/mol. The van der Waals surface area contributed by atoms with Crippen LogP contribution in [0.15, 0.2) is 0 Å². The van der Waals surface area contributed by atoms with Gasteiger partial charge < -0.3 is 10.0 Å². The van der Waals surface area contributed by atoms with Crippen LogP contribution in [0.2, 0.25) is 0 Å². The number of likely N-dealkylation sites (tertiary alicyclic amines) is 1. The molecule has 0 aromatic rings. The van der Waals surface area contributed by atoms with Crippen LogP contribution in [0.1, 0.15) is 40.0 Å². The second-order valence-electron chi connectivity index (χ2n) is 5.67. The van der Waals surface area contributed by atoms with Crippen molar-refractivity contribution in [3.05, 3.63) is 0 Å². The summed E-state index contributed by atoms with van der Waals surface area (Å²) in [6.45, 7) is 9.64. The van der Waals surface area contributed by atoms with Gasteiger partial charge in [-0.1, -0.05) is 20.8 Å². The molecule has 1 N–H and O–H groups in total. The first kappa shape index (κ1) is 12.5. The zero-order valence-electron chi connectivity index (χ0n) is 10.1. The normalized spacial score (nSPS) is 20.5. The van der Waals surface area contributed by atoms with E-state index in [-0.39, 0.29) is 11.3 Å². The SMILES string of the molecule is CC(C)(C)C(CC(=O)O)CN1CCCC1. The lowest BCUT2D eigenvalue weighted by Crippen LogP contribution is -2.35. The lowest BCUT2D eigenvalue weighted by atomic mass is 9.78. The van der Waals surface area contributed by atoms with Gasteiger partial charge >= 0.3 is 5.97 Å². The Morgan fingerprint density at radius 3 is 2.27 bits per heavy atom. The summed E-state index contributed by atoms with van der Waals surface area (Å²) in [6, 6.07) is 0. The summed E-state index contributed by atoms with van der Waals surface area (Å²) in [7, 11) is 0. The molecule has 1 aliphatic heterocycles. The third-order valence-electron chi connectivity index (χ3n) is 3.32. The van der Waals surface area contributed by atoms with Crippen LogP contribution in [0.3, 0.4) is 0 Å². The Labute approximate surface area is 92.5 Å². The van der Waals surface area contributed by atoms with Gasteiger partial charge in [-0.05, 0) is 37.3 Å². The average molecular weight is 213 g/mol. The molecule has 1 aliphatic rings. The minimum Gasteiger partial charge on any atom is -0.481 e. The topological polar surface area (TPSA) is 40.5 Å². The van der Waals surface area contributed by atoms with Gasteiger partial charge in [-0.2, -0.15) is 0 Å². The highest BCUT2D eigenvalue weighted by Crippen LogP contribution is 2.30. The maximum atomic E-state index is 10.8. The fourth-order valence-electron chi connectivity index (χ4n) is 2.13. The van der Waals surface area contributed by atoms with Gasteiger partial charge in [0.2, 0.25) is 0 Å². The van der Waals surface area contributed by atoms with Gasteiger partial charge in [-0.3, -0.25) is 4.79 Å². The Bertz CT molecular complexity index is 214. The van der Waals surface area contributed by atoms with Crippen molar-refractivity contribution in [1.82, 2.24) is 4.90 Å². The van der Waals surface area contributed by atoms with Gasteiger partial charge in [0.15, 0.2) is 0 Å². The van der Waals surface area contributed by atoms with Crippen molar-refractivity contribution in [2.75, 3.05) is 19.6 Å². The predicted octanol–water partition coefficient (Wildman–Crippen LogP) is 2.22. The fourth-order valence-corrected chi connectivity index (χ4v) is 2.13. The molecule has 0 aromatic heterocycles. The van der Waals surface area contributed by atoms with Crippen LogP contribution in [0.25, 0.3) is 0 Å². The standard InChI is InChI=1S/C12H23NO2/c1-12(2,3)10(8-11(14)15)9-13-6-4-5-7-13/h10H,4-9H2,1-3H3,(H,14,15). The van der Waals surface area contributed by atoms with Crippen molar-refractivity contribution in [3.8, 4) is 0 Å². The largest absolute Gasteiger partial charge is 0.481 e. The van der Waals surface area contributed by atoms with Crippen LogP contribution in [-0.4, -0.2) is 35.6 Å². The molecule has 1 rings (SSSR count). The molecule has 0 saturated carbocycles. The second-order valence-corrected chi connectivity index (χ2v) is 5.67. The van der Waals surface area contributed by atoms with E-state index >= 15 is 0 Å². The molecule has 3 heteroatoms. The van der Waals surface area contributed by atoms with E-state index in [1.165, 1.54) is 12.8 Å². The van der Waals surface area contributed by atoms with Crippen LogP contribution in [0.5, 0.6) is 0 Å². The van der Waals surface area contributed by atoms with Crippen LogP contribution < -0.4 is 0 Å². The van der Waals surface area contributed by atoms with E-state index in [4.69, 9.17) is 5.11 Å². The molecule has 3 nitrogen and oxygen atoms in total. The Kier molecular flexibility index (Phi) is 4.14. The van der Waals surface area contributed by atoms with Crippen LogP contribution in [-0.2, 0) is 4.79 Å². The van der Waals surface area contributed by atoms with E-state index in [1.54, 1.807) is 0 Å². The summed E-state index contributed by atoms with van der Waals surface area (Å²) in [6.07, 6.45) is 2.83. The van der Waals surface area contributed by atoms with Crippen molar-refractivity contribution in [3.63, 3.8) is 0 Å². The number of hydrogen-bond donors (Lipinski definition) is 1. The zero-order valence-corrected chi connectivity index (χ0v) is 10.1. The lowest BCUT2D eigenvalue weighted by Gasteiger charge is -2.32. The summed E-state index contributed by atoms with van der Waals surface area (Å²) in [5.41, 5.74) is 0.0843. The van der Waals surface area contributed by atoms with Gasteiger partial charge in [-0.15, -0.1) is 0 Å². The molecule has 0 aliphatic carbocycles. The lowest BCUT2D eigenvalue weighted by molar-refractivity contribution is -0.139. The minimum atomic E-state index is -0.672. The maximum absolute atomic E-state index is 10.8. The van der Waals surface area contributed by atoms with Crippen LogP contribution >= 0.6 is 0 Å². The van der Waals surface area contributed by atoms with Gasteiger partial charge in [0.25, 0.3) is 0 Å². The van der Waals surface area contributed by atoms with Crippen molar-refractivity contribution in [2.45, 2.75) is 40.0 Å². The first-order chi connectivity index (χ1) is 6.89. The molecule has 15 heavy (non-hydrogen) atoms. The van der Waals surface area contributed by atoms with E-state index in [1.807, 2.05) is 0 Å². The third-order valence-corrected chi connectivity index (χ3v) is 3.32. The van der Waals surface area contributed by atoms with E-state index in [9.17, 15) is 4.79 Å². The number of carbonyl (C=O) groups is 1. The summed E-state index contributed by atoms with van der Waals surface area (Å²) < 4.78 is 0. The van der Waals surface area contributed by atoms with Gasteiger partial charge in [0.1, 0.15) is 0 Å². The average Bonchev–Trinajstić information content (AvgIpc) is 2.53. The first-order valence-corrected chi connectivity index (χ1v) is 5.84. The van der Waals surface area contributed by atoms with Gasteiger partial charge in [0, 0.05) is 13.0 Å². The molecular formula is C12H23NO2. The number of aliphatic carboxylic acids is 1. The van der Waals surface area contributed by atoms with Gasteiger partial charge in [0.05, 0.1) is 0 Å². The van der Waals surface area contributed by atoms with Crippen LogP contribution in [0.4, 0.5) is 0 Å². The molecule has 0 aromatic carbocycles. The Morgan fingerprint density at radius 2 is 1.87 bits per heavy atom. The molecule has 0 spiro atoms. The van der Waals surface area contributed by atoms with E-state index in [0.717, 1.165) is 19.6 Å². The molecular weight excluding hydrogens is 190 g/mol. The smallest absolute Gasteiger partial charge is 0.303 e. The summed E-state index contributed by atoms with van der Waals surface area (Å²) in [5.74, 6) is -0.415. The van der Waals surface area contributed by atoms with Gasteiger partial charge in [-0.25, -0.2) is 0 Å². The highest BCUT2D eigenvalue weighted by molar-refractivity contribution is 5.67. The highest BCUT2D eigenvalue weighted by Gasteiger charge is 2.29. The number of hydrogen-bond acceptors (Lipinski definition) is 2. The van der Waals surface area contributed by atoms with Crippen molar-refractivity contribution < 1.29 is 9.90 Å². The molecule has 1 atom stereocenters. The number of carboxylic acids is 1. The molecule has 0 amide bonds. The van der Waals surface area contributed by atoms with Crippen LogP contribution in [0, 0.1) is 11.3 Å². The highest BCUT2D eigenvalue weighted by atomic mass is 16.4. The molecule has 1 heterocycles. The Hall–Kier alpha value is -0.570. The molecule has 1 saturated heterocycles. The molecule has 1 unspecified atom stereocenters.